The highest BCUT2D eigenvalue weighted by molar-refractivity contribution is 5.85. The first-order chi connectivity index (χ1) is 10.9. The molecule has 1 amide bonds. The van der Waals surface area contributed by atoms with E-state index in [0.29, 0.717) is 18.7 Å². The zero-order valence-corrected chi connectivity index (χ0v) is 14.0. The molecule has 2 N–H and O–H groups in total. The highest BCUT2D eigenvalue weighted by Gasteiger charge is 2.27. The molecule has 1 aromatic carbocycles. The molecule has 0 heterocycles. The molecule has 0 atom stereocenters. The van der Waals surface area contributed by atoms with E-state index in [1.165, 1.54) is 12.8 Å². The molecule has 0 spiro atoms. The number of benzene rings is 1. The predicted octanol–water partition coefficient (Wildman–Crippen LogP) is 2.80. The van der Waals surface area contributed by atoms with E-state index in [-0.39, 0.29) is 24.9 Å². The van der Waals surface area contributed by atoms with E-state index in [2.05, 4.69) is 15.4 Å². The second-order valence-corrected chi connectivity index (χ2v) is 5.78. The number of ether oxygens (including phenoxy) is 1. The summed E-state index contributed by atoms with van der Waals surface area (Å²) in [5, 5.41) is 5.90. The van der Waals surface area contributed by atoms with Crippen LogP contribution in [0, 0.1) is 5.92 Å². The van der Waals surface area contributed by atoms with Gasteiger partial charge in [-0.2, -0.15) is 13.2 Å². The molecule has 0 unspecified atom stereocenters. The van der Waals surface area contributed by atoms with Crippen molar-refractivity contribution in [1.82, 2.24) is 10.6 Å². The van der Waals surface area contributed by atoms with Crippen LogP contribution in [0.4, 0.5) is 13.2 Å². The molecule has 136 valence electrons. The fourth-order valence-corrected chi connectivity index (χ4v) is 2.01. The molecule has 8 heteroatoms. The topological polar surface area (TPSA) is 50.4 Å². The lowest BCUT2D eigenvalue weighted by Crippen LogP contribution is -2.34. The highest BCUT2D eigenvalue weighted by Crippen LogP contribution is 2.27. The van der Waals surface area contributed by atoms with Crippen molar-refractivity contribution >= 4 is 18.3 Å². The lowest BCUT2D eigenvalue weighted by molar-refractivity contribution is -0.176. The van der Waals surface area contributed by atoms with Crippen molar-refractivity contribution in [2.45, 2.75) is 32.2 Å². The molecule has 1 fully saturated rings. The molecule has 0 aliphatic heterocycles. The van der Waals surface area contributed by atoms with Crippen LogP contribution in [0.1, 0.15) is 24.0 Å². The van der Waals surface area contributed by atoms with Gasteiger partial charge >= 0.3 is 6.18 Å². The Hall–Kier alpha value is -1.31. The van der Waals surface area contributed by atoms with E-state index >= 15 is 0 Å². The van der Waals surface area contributed by atoms with Crippen LogP contribution in [0.15, 0.2) is 24.3 Å². The van der Waals surface area contributed by atoms with Crippen LogP contribution in [0.5, 0.6) is 0 Å². The average Bonchev–Trinajstić information content (AvgIpc) is 3.29. The van der Waals surface area contributed by atoms with Gasteiger partial charge in [-0.25, -0.2) is 0 Å². The molecule has 0 saturated heterocycles. The number of alkyl halides is 3. The summed E-state index contributed by atoms with van der Waals surface area (Å²) in [6, 6.07) is 6.93. The maximum Gasteiger partial charge on any atom is 0.411 e. The second-order valence-electron chi connectivity index (χ2n) is 5.78. The number of nitrogens with one attached hydrogen (secondary N) is 2. The van der Waals surface area contributed by atoms with E-state index in [4.69, 9.17) is 0 Å². The minimum atomic E-state index is -4.31. The summed E-state index contributed by atoms with van der Waals surface area (Å²) in [7, 11) is 0. The third kappa shape index (κ3) is 9.10. The Morgan fingerprint density at radius 1 is 1.17 bits per heavy atom. The molecule has 1 aliphatic carbocycles. The SMILES string of the molecule is Cl.O=C(CNCC1CC1)NCc1ccc(COCC(F)(F)F)cc1. The molecule has 1 saturated carbocycles. The molecule has 0 aromatic heterocycles. The van der Waals surface area contributed by atoms with Crippen LogP contribution in [-0.2, 0) is 22.7 Å². The summed E-state index contributed by atoms with van der Waals surface area (Å²) in [6.45, 7) is 0.253. The smallest absolute Gasteiger partial charge is 0.367 e. The first-order valence-electron chi connectivity index (χ1n) is 7.62. The van der Waals surface area contributed by atoms with Crippen molar-refractivity contribution in [2.75, 3.05) is 19.7 Å². The largest absolute Gasteiger partial charge is 0.411 e. The van der Waals surface area contributed by atoms with Crippen molar-refractivity contribution < 1.29 is 22.7 Å². The molecular weight excluding hydrogens is 345 g/mol. The third-order valence-corrected chi connectivity index (χ3v) is 3.46. The number of rotatable bonds is 9. The van der Waals surface area contributed by atoms with E-state index in [9.17, 15) is 18.0 Å². The Balaban J connectivity index is 0.00000288. The Morgan fingerprint density at radius 3 is 2.38 bits per heavy atom. The number of hydrogen-bond donors (Lipinski definition) is 2. The van der Waals surface area contributed by atoms with Crippen LogP contribution >= 0.6 is 12.4 Å². The Kier molecular flexibility index (Phi) is 8.52. The third-order valence-electron chi connectivity index (χ3n) is 3.46. The lowest BCUT2D eigenvalue weighted by atomic mass is 10.1. The Bertz CT molecular complexity index is 505. The monoisotopic (exact) mass is 366 g/mol. The minimum Gasteiger partial charge on any atom is -0.367 e. The van der Waals surface area contributed by atoms with Gasteiger partial charge in [0.25, 0.3) is 0 Å². The van der Waals surface area contributed by atoms with E-state index in [1.807, 2.05) is 0 Å². The van der Waals surface area contributed by atoms with Gasteiger partial charge in [0.1, 0.15) is 6.61 Å². The fraction of sp³-hybridized carbons (Fsp3) is 0.562. The second kappa shape index (κ2) is 9.86. The number of carbonyl (C=O) groups is 1. The van der Waals surface area contributed by atoms with E-state index in [1.54, 1.807) is 24.3 Å². The number of amides is 1. The van der Waals surface area contributed by atoms with Gasteiger partial charge in [-0.3, -0.25) is 4.79 Å². The minimum absolute atomic E-state index is 0. The van der Waals surface area contributed by atoms with Crippen LogP contribution in [0.3, 0.4) is 0 Å². The first kappa shape index (κ1) is 20.7. The normalized spacial score (nSPS) is 14.1. The van der Waals surface area contributed by atoms with Crippen molar-refractivity contribution in [3.8, 4) is 0 Å². The van der Waals surface area contributed by atoms with Gasteiger partial charge in [-0.1, -0.05) is 24.3 Å². The van der Waals surface area contributed by atoms with Crippen molar-refractivity contribution in [3.05, 3.63) is 35.4 Å². The molecule has 4 nitrogen and oxygen atoms in total. The van der Waals surface area contributed by atoms with Crippen molar-refractivity contribution in [2.24, 2.45) is 5.92 Å². The summed E-state index contributed by atoms with van der Waals surface area (Å²) in [5.74, 6) is 0.665. The molecule has 1 aromatic rings. The molecule has 2 rings (SSSR count). The Morgan fingerprint density at radius 2 is 1.79 bits per heavy atom. The van der Waals surface area contributed by atoms with Crippen LogP contribution in [0.25, 0.3) is 0 Å². The standard InChI is InChI=1S/C16H21F3N2O2.ClH/c17-16(18,19)11-23-10-14-5-3-13(4-6-14)8-21-15(22)9-20-7-12-1-2-12;/h3-6,12,20H,1-2,7-11H2,(H,21,22);1H. The maximum absolute atomic E-state index is 12.0. The van der Waals surface area contributed by atoms with E-state index in [0.717, 1.165) is 18.0 Å². The highest BCUT2D eigenvalue weighted by atomic mass is 35.5. The number of carbonyl (C=O) groups excluding carboxylic acids is 1. The molecule has 24 heavy (non-hydrogen) atoms. The zero-order valence-electron chi connectivity index (χ0n) is 13.2. The molecule has 0 bridgehead atoms. The van der Waals surface area contributed by atoms with Crippen molar-refractivity contribution in [3.63, 3.8) is 0 Å². The summed E-state index contributed by atoms with van der Waals surface area (Å²) in [4.78, 5) is 11.6. The quantitative estimate of drug-likeness (QED) is 0.706. The van der Waals surface area contributed by atoms with Gasteiger partial charge in [-0.15, -0.1) is 12.4 Å². The summed E-state index contributed by atoms with van der Waals surface area (Å²) in [6.07, 6.45) is -1.82. The van der Waals surface area contributed by atoms with Gasteiger partial charge in [0, 0.05) is 6.54 Å². The zero-order chi connectivity index (χ0) is 16.7. The summed E-state index contributed by atoms with van der Waals surface area (Å²) < 4.78 is 40.5. The van der Waals surface area contributed by atoms with Gasteiger partial charge in [0.05, 0.1) is 13.2 Å². The van der Waals surface area contributed by atoms with Gasteiger partial charge in [0.15, 0.2) is 0 Å². The van der Waals surface area contributed by atoms with E-state index < -0.39 is 12.8 Å². The van der Waals surface area contributed by atoms with Crippen molar-refractivity contribution in [1.29, 1.82) is 0 Å². The maximum atomic E-state index is 12.0. The first-order valence-corrected chi connectivity index (χ1v) is 7.62. The number of hydrogen-bond acceptors (Lipinski definition) is 3. The fourth-order valence-electron chi connectivity index (χ4n) is 2.01. The molecule has 1 aliphatic rings. The number of halogens is 4. The van der Waals surface area contributed by atoms with Gasteiger partial charge in [0.2, 0.25) is 5.91 Å². The molecular formula is C16H22ClF3N2O2. The van der Waals surface area contributed by atoms with Crippen LogP contribution in [-0.4, -0.2) is 31.8 Å². The van der Waals surface area contributed by atoms with Gasteiger partial charge in [-0.05, 0) is 36.4 Å². The van der Waals surface area contributed by atoms with Crippen LogP contribution < -0.4 is 10.6 Å². The molecule has 0 radical (unpaired) electrons. The predicted molar refractivity (Wildman–Crippen MR) is 86.8 cm³/mol. The van der Waals surface area contributed by atoms with Crippen LogP contribution in [0.2, 0.25) is 0 Å². The Labute approximate surface area is 145 Å². The van der Waals surface area contributed by atoms with Gasteiger partial charge < -0.3 is 15.4 Å². The summed E-state index contributed by atoms with van der Waals surface area (Å²) >= 11 is 0. The average molecular weight is 367 g/mol. The lowest BCUT2D eigenvalue weighted by Gasteiger charge is -2.09. The summed E-state index contributed by atoms with van der Waals surface area (Å²) in [5.41, 5.74) is 1.55.